The summed E-state index contributed by atoms with van der Waals surface area (Å²) in [6.45, 7) is 9.98. The summed E-state index contributed by atoms with van der Waals surface area (Å²) in [5.74, 6) is 0.109. The Morgan fingerprint density at radius 3 is 2.54 bits per heavy atom. The fourth-order valence-corrected chi connectivity index (χ4v) is 4.91. The van der Waals surface area contributed by atoms with Gasteiger partial charge in [0, 0.05) is 30.1 Å². The molecule has 39 heavy (non-hydrogen) atoms. The molecular weight excluding hydrogens is 516 g/mol. The molecule has 1 amide bonds. The molecule has 0 radical (unpaired) electrons. The van der Waals surface area contributed by atoms with Crippen LogP contribution >= 0.6 is 11.3 Å². The van der Waals surface area contributed by atoms with Crippen LogP contribution in [0.15, 0.2) is 33.0 Å². The van der Waals surface area contributed by atoms with E-state index in [1.54, 1.807) is 6.07 Å². The monoisotopic (exact) mass is 556 g/mol. The number of unbranched alkanes of at least 4 members (excludes halogenated alkanes) is 5. The summed E-state index contributed by atoms with van der Waals surface area (Å²) in [5.41, 5.74) is 1.82. The number of thiazole rings is 1. The highest BCUT2D eigenvalue weighted by Gasteiger charge is 2.18. The molecular formula is C30H40N2O6S. The zero-order valence-corrected chi connectivity index (χ0v) is 24.5. The normalized spacial score (nSPS) is 11.5. The first-order valence-corrected chi connectivity index (χ1v) is 14.6. The van der Waals surface area contributed by atoms with E-state index in [0.29, 0.717) is 46.7 Å². The Morgan fingerprint density at radius 2 is 1.85 bits per heavy atom. The zero-order chi connectivity index (χ0) is 28.4. The van der Waals surface area contributed by atoms with Gasteiger partial charge in [-0.05, 0) is 65.0 Å². The number of carbonyl (C=O) groups is 2. The summed E-state index contributed by atoms with van der Waals surface area (Å²) < 4.78 is 16.8. The molecule has 3 aromatic rings. The molecule has 8 nitrogen and oxygen atoms in total. The number of aryl methyl sites for hydroxylation is 2. The maximum absolute atomic E-state index is 13.3. The van der Waals surface area contributed by atoms with Crippen molar-refractivity contribution in [2.75, 3.05) is 6.54 Å². The van der Waals surface area contributed by atoms with E-state index in [1.807, 2.05) is 39.1 Å². The molecule has 1 aromatic carbocycles. The number of rotatable bonds is 13. The van der Waals surface area contributed by atoms with Crippen molar-refractivity contribution in [3.63, 3.8) is 0 Å². The fraction of sp³-hybridized carbons (Fsp3) is 0.533. The van der Waals surface area contributed by atoms with E-state index in [2.05, 4.69) is 17.2 Å². The smallest absolute Gasteiger partial charge is 0.407 e. The maximum Gasteiger partial charge on any atom is 0.407 e. The second-order valence-electron chi connectivity index (χ2n) is 10.8. The number of hydrogen-bond donors (Lipinski definition) is 1. The number of hydrogen-bond acceptors (Lipinski definition) is 8. The Bertz CT molecular complexity index is 1320. The Hall–Kier alpha value is -3.20. The van der Waals surface area contributed by atoms with Gasteiger partial charge in [-0.1, -0.05) is 32.6 Å². The van der Waals surface area contributed by atoms with Gasteiger partial charge in [0.15, 0.2) is 0 Å². The molecule has 0 atom stereocenters. The first-order valence-electron chi connectivity index (χ1n) is 13.8. The molecule has 0 saturated heterocycles. The third-order valence-electron chi connectivity index (χ3n) is 6.05. The zero-order valence-electron chi connectivity index (χ0n) is 23.7. The van der Waals surface area contributed by atoms with E-state index in [0.717, 1.165) is 49.8 Å². The summed E-state index contributed by atoms with van der Waals surface area (Å²) >= 11 is 1.41. The highest BCUT2D eigenvalue weighted by Crippen LogP contribution is 2.29. The maximum atomic E-state index is 13.3. The number of nitrogens with zero attached hydrogens (tertiary/aromatic N) is 1. The number of amides is 1. The van der Waals surface area contributed by atoms with Crippen LogP contribution < -0.4 is 15.5 Å². The lowest BCUT2D eigenvalue weighted by Gasteiger charge is -2.19. The van der Waals surface area contributed by atoms with Gasteiger partial charge in [-0.15, -0.1) is 11.3 Å². The lowest BCUT2D eigenvalue weighted by molar-refractivity contribution is -0.134. The molecule has 0 bridgehead atoms. The van der Waals surface area contributed by atoms with Gasteiger partial charge in [0.2, 0.25) is 5.43 Å². The predicted molar refractivity (Wildman–Crippen MR) is 155 cm³/mol. The number of carbonyl (C=O) groups excluding carboxylic acids is 2. The number of benzene rings is 1. The summed E-state index contributed by atoms with van der Waals surface area (Å²) in [6, 6.07) is 3.47. The van der Waals surface area contributed by atoms with E-state index in [9.17, 15) is 14.4 Å². The summed E-state index contributed by atoms with van der Waals surface area (Å²) in [7, 11) is 0. The van der Waals surface area contributed by atoms with Crippen molar-refractivity contribution in [2.45, 2.75) is 98.0 Å². The molecule has 0 fully saturated rings. The topological polar surface area (TPSA) is 108 Å². The lowest BCUT2D eigenvalue weighted by atomic mass is 10.0. The minimum Gasteiger partial charge on any atom is -0.463 e. The molecule has 0 aliphatic rings. The van der Waals surface area contributed by atoms with Crippen LogP contribution in [0.1, 0.15) is 90.3 Å². The lowest BCUT2D eigenvalue weighted by Crippen LogP contribution is -2.33. The van der Waals surface area contributed by atoms with Crippen LogP contribution in [-0.4, -0.2) is 29.2 Å². The first kappa shape index (κ1) is 30.3. The van der Waals surface area contributed by atoms with Crippen molar-refractivity contribution in [3.8, 4) is 16.3 Å². The molecule has 0 aliphatic heterocycles. The summed E-state index contributed by atoms with van der Waals surface area (Å²) in [5, 5.41) is 5.71. The number of esters is 1. The SMILES string of the molecule is CCCCCCc1cc2c(=O)c(-c3nc(C)cs3)coc2cc1OC(=O)CCCCCNC(=O)OC(C)(C)C. The van der Waals surface area contributed by atoms with Gasteiger partial charge in [-0.2, -0.15) is 0 Å². The minimum absolute atomic E-state index is 0.140. The number of fused-ring (bicyclic) bond motifs is 1. The molecule has 2 heterocycles. The number of nitrogens with one attached hydrogen (secondary N) is 1. The molecule has 0 aliphatic carbocycles. The number of aromatic nitrogens is 1. The van der Waals surface area contributed by atoms with Gasteiger partial charge in [-0.25, -0.2) is 9.78 Å². The third kappa shape index (κ3) is 9.49. The predicted octanol–water partition coefficient (Wildman–Crippen LogP) is 7.34. The number of ether oxygens (including phenoxy) is 2. The van der Waals surface area contributed by atoms with E-state index in [4.69, 9.17) is 13.9 Å². The highest BCUT2D eigenvalue weighted by molar-refractivity contribution is 7.13. The van der Waals surface area contributed by atoms with Crippen LogP contribution in [0.5, 0.6) is 5.75 Å². The molecule has 2 aromatic heterocycles. The molecule has 3 rings (SSSR count). The van der Waals surface area contributed by atoms with Crippen LogP contribution in [0.4, 0.5) is 4.79 Å². The van der Waals surface area contributed by atoms with E-state index in [1.165, 1.54) is 17.6 Å². The van der Waals surface area contributed by atoms with Crippen molar-refractivity contribution in [1.82, 2.24) is 10.3 Å². The minimum atomic E-state index is -0.531. The Morgan fingerprint density at radius 1 is 1.08 bits per heavy atom. The largest absolute Gasteiger partial charge is 0.463 e. The quantitative estimate of drug-likeness (QED) is 0.133. The van der Waals surface area contributed by atoms with E-state index >= 15 is 0 Å². The van der Waals surface area contributed by atoms with Crippen molar-refractivity contribution < 1.29 is 23.5 Å². The van der Waals surface area contributed by atoms with Gasteiger partial charge in [0.05, 0.1) is 10.9 Å². The van der Waals surface area contributed by atoms with Crippen LogP contribution in [0.2, 0.25) is 0 Å². The molecule has 212 valence electrons. The van der Waals surface area contributed by atoms with Gasteiger partial charge >= 0.3 is 12.1 Å². The van der Waals surface area contributed by atoms with Crippen LogP contribution in [0.3, 0.4) is 0 Å². The van der Waals surface area contributed by atoms with Crippen molar-refractivity contribution in [1.29, 1.82) is 0 Å². The Balaban J connectivity index is 1.65. The van der Waals surface area contributed by atoms with Gasteiger partial charge in [0.25, 0.3) is 0 Å². The van der Waals surface area contributed by atoms with Crippen LogP contribution in [-0.2, 0) is 16.0 Å². The second-order valence-corrected chi connectivity index (χ2v) is 11.6. The fourth-order valence-electron chi connectivity index (χ4n) is 4.11. The van der Waals surface area contributed by atoms with Gasteiger partial charge < -0.3 is 19.2 Å². The molecule has 0 spiro atoms. The Kier molecular flexibility index (Phi) is 11.1. The van der Waals surface area contributed by atoms with Crippen molar-refractivity contribution in [3.05, 3.63) is 45.3 Å². The van der Waals surface area contributed by atoms with Gasteiger partial charge in [0.1, 0.15) is 28.2 Å². The molecule has 0 unspecified atom stereocenters. The first-order chi connectivity index (χ1) is 18.6. The molecule has 9 heteroatoms. The highest BCUT2D eigenvalue weighted by atomic mass is 32.1. The second kappa shape index (κ2) is 14.3. The standard InChI is InChI=1S/C30H40N2O6S/c1-6-7-8-10-13-21-16-22-25(36-18-23(27(22)34)28-32-20(2)19-39-28)17-24(21)37-26(33)14-11-9-12-15-31-29(35)38-30(3,4)5/h16-19H,6-15H2,1-5H3,(H,31,35). The average Bonchev–Trinajstić information content (AvgIpc) is 3.29. The number of alkyl carbamates (subject to hydrolysis) is 1. The van der Waals surface area contributed by atoms with Crippen LogP contribution in [0, 0.1) is 6.92 Å². The average molecular weight is 557 g/mol. The molecule has 0 saturated carbocycles. The third-order valence-corrected chi connectivity index (χ3v) is 7.05. The van der Waals surface area contributed by atoms with Gasteiger partial charge in [-0.3, -0.25) is 9.59 Å². The molecule has 1 N–H and O–H groups in total. The van der Waals surface area contributed by atoms with E-state index in [-0.39, 0.29) is 17.8 Å². The summed E-state index contributed by atoms with van der Waals surface area (Å²) in [6.07, 6.45) is 8.33. The van der Waals surface area contributed by atoms with E-state index < -0.39 is 11.7 Å². The van der Waals surface area contributed by atoms with Crippen molar-refractivity contribution >= 4 is 34.4 Å². The van der Waals surface area contributed by atoms with Crippen LogP contribution in [0.25, 0.3) is 21.5 Å². The Labute approximate surface area is 234 Å². The van der Waals surface area contributed by atoms with Crippen molar-refractivity contribution in [2.24, 2.45) is 0 Å². The summed E-state index contributed by atoms with van der Waals surface area (Å²) in [4.78, 5) is 42.1.